The zero-order valence-corrected chi connectivity index (χ0v) is 13.4. The molecule has 0 aliphatic carbocycles. The first kappa shape index (κ1) is 17.0. The lowest BCUT2D eigenvalue weighted by atomic mass is 10.2. The number of benzene rings is 2. The van der Waals surface area contributed by atoms with E-state index in [0.717, 1.165) is 17.4 Å². The highest BCUT2D eigenvalue weighted by atomic mass is 32.2. The van der Waals surface area contributed by atoms with E-state index in [4.69, 9.17) is 4.74 Å². The van der Waals surface area contributed by atoms with Gasteiger partial charge in [0.15, 0.2) is 0 Å². The van der Waals surface area contributed by atoms with Gasteiger partial charge in [0.05, 0.1) is 11.4 Å². The van der Waals surface area contributed by atoms with E-state index in [2.05, 4.69) is 16.6 Å². The van der Waals surface area contributed by atoms with Gasteiger partial charge in [-0.2, -0.15) is 4.72 Å². The summed E-state index contributed by atoms with van der Waals surface area (Å²) in [6.45, 7) is 2.01. The van der Waals surface area contributed by atoms with Crippen molar-refractivity contribution in [3.8, 4) is 17.6 Å². The average molecular weight is 333 g/mol. The van der Waals surface area contributed by atoms with Crippen LogP contribution in [-0.2, 0) is 10.0 Å². The molecule has 0 saturated heterocycles. The van der Waals surface area contributed by atoms with Gasteiger partial charge in [0.1, 0.15) is 18.2 Å². The zero-order valence-electron chi connectivity index (χ0n) is 12.5. The second kappa shape index (κ2) is 7.77. The Kier molecular flexibility index (Phi) is 5.74. The second-order valence-electron chi connectivity index (χ2n) is 4.69. The summed E-state index contributed by atoms with van der Waals surface area (Å²) in [7, 11) is -3.76. The smallest absolute Gasteiger partial charge is 0.241 e. The lowest BCUT2D eigenvalue weighted by Crippen LogP contribution is -2.24. The SMILES string of the molecule is Cc1ccccc1OCC#CCNS(=O)(=O)c1cccc(F)c1. The molecule has 0 saturated carbocycles. The molecule has 0 spiro atoms. The molecule has 2 rings (SSSR count). The summed E-state index contributed by atoms with van der Waals surface area (Å²) in [5, 5.41) is 0. The molecule has 0 amide bonds. The molecule has 2 aromatic rings. The predicted molar refractivity (Wildman–Crippen MR) is 86.0 cm³/mol. The van der Waals surface area contributed by atoms with Crippen molar-refractivity contribution in [3.05, 3.63) is 59.9 Å². The third kappa shape index (κ3) is 5.09. The fourth-order valence-corrected chi connectivity index (χ4v) is 2.75. The molecule has 0 aliphatic rings. The van der Waals surface area contributed by atoms with Gasteiger partial charge in [-0.15, -0.1) is 0 Å². The van der Waals surface area contributed by atoms with E-state index in [0.29, 0.717) is 0 Å². The molecule has 0 atom stereocenters. The van der Waals surface area contributed by atoms with E-state index >= 15 is 0 Å². The lowest BCUT2D eigenvalue weighted by Gasteiger charge is -2.05. The number of sulfonamides is 1. The van der Waals surface area contributed by atoms with Crippen molar-refractivity contribution >= 4 is 10.0 Å². The van der Waals surface area contributed by atoms with Gasteiger partial charge in [-0.25, -0.2) is 12.8 Å². The predicted octanol–water partition coefficient (Wildman–Crippen LogP) is 2.49. The fourth-order valence-electron chi connectivity index (χ4n) is 1.79. The number of aryl methyl sites for hydroxylation is 1. The van der Waals surface area contributed by atoms with Crippen LogP contribution < -0.4 is 9.46 Å². The van der Waals surface area contributed by atoms with Crippen LogP contribution in [0.15, 0.2) is 53.4 Å². The van der Waals surface area contributed by atoms with Gasteiger partial charge < -0.3 is 4.74 Å². The van der Waals surface area contributed by atoms with Gasteiger partial charge >= 0.3 is 0 Å². The van der Waals surface area contributed by atoms with Crippen LogP contribution in [0.5, 0.6) is 5.75 Å². The van der Waals surface area contributed by atoms with E-state index in [1.165, 1.54) is 18.2 Å². The normalized spacial score (nSPS) is 10.7. The highest BCUT2D eigenvalue weighted by molar-refractivity contribution is 7.89. The molecular formula is C17H16FNO3S. The first-order chi connectivity index (χ1) is 11.0. The van der Waals surface area contributed by atoms with E-state index in [1.54, 1.807) is 0 Å². The molecule has 0 fully saturated rings. The van der Waals surface area contributed by atoms with Crippen LogP contribution in [0.3, 0.4) is 0 Å². The fraction of sp³-hybridized carbons (Fsp3) is 0.176. The van der Waals surface area contributed by atoms with Crippen LogP contribution in [0.2, 0.25) is 0 Å². The Balaban J connectivity index is 1.85. The summed E-state index contributed by atoms with van der Waals surface area (Å²) in [6, 6.07) is 12.3. The maximum atomic E-state index is 13.0. The van der Waals surface area contributed by atoms with E-state index in [1.807, 2.05) is 31.2 Å². The quantitative estimate of drug-likeness (QED) is 0.856. The van der Waals surface area contributed by atoms with Gasteiger partial charge in [-0.1, -0.05) is 36.1 Å². The summed E-state index contributed by atoms with van der Waals surface area (Å²) in [4.78, 5) is -0.129. The average Bonchev–Trinajstić information content (AvgIpc) is 2.52. The number of hydrogen-bond donors (Lipinski definition) is 1. The number of nitrogens with one attached hydrogen (secondary N) is 1. The molecule has 0 heterocycles. The highest BCUT2D eigenvalue weighted by Gasteiger charge is 2.12. The minimum Gasteiger partial charge on any atom is -0.481 e. The Bertz CT molecular complexity index is 838. The maximum Gasteiger partial charge on any atom is 0.241 e. The Morgan fingerprint density at radius 3 is 2.65 bits per heavy atom. The maximum absolute atomic E-state index is 13.0. The standard InChI is InChI=1S/C17H16FNO3S/c1-14-7-2-3-10-17(14)22-12-5-4-11-19-23(20,21)16-9-6-8-15(18)13-16/h2-3,6-10,13,19H,11-12H2,1H3. The number of rotatable bonds is 5. The molecule has 4 nitrogen and oxygen atoms in total. The second-order valence-corrected chi connectivity index (χ2v) is 6.46. The first-order valence-electron chi connectivity index (χ1n) is 6.88. The summed E-state index contributed by atoms with van der Waals surface area (Å²) >= 11 is 0. The lowest BCUT2D eigenvalue weighted by molar-refractivity contribution is 0.367. The minimum absolute atomic E-state index is 0.0734. The topological polar surface area (TPSA) is 55.4 Å². The molecule has 0 bridgehead atoms. The Morgan fingerprint density at radius 1 is 1.13 bits per heavy atom. The van der Waals surface area contributed by atoms with Crippen molar-refractivity contribution in [1.29, 1.82) is 0 Å². The van der Waals surface area contributed by atoms with Gasteiger partial charge in [0, 0.05) is 0 Å². The van der Waals surface area contributed by atoms with Gasteiger partial charge in [-0.05, 0) is 36.8 Å². The third-order valence-electron chi connectivity index (χ3n) is 2.98. The number of para-hydroxylation sites is 1. The third-order valence-corrected chi connectivity index (χ3v) is 4.37. The Morgan fingerprint density at radius 2 is 1.91 bits per heavy atom. The summed E-state index contributed by atoms with van der Waals surface area (Å²) < 4.78 is 44.6. The van der Waals surface area contributed by atoms with Crippen molar-refractivity contribution < 1.29 is 17.5 Å². The molecule has 120 valence electrons. The largest absolute Gasteiger partial charge is 0.481 e. The molecule has 2 aromatic carbocycles. The van der Waals surface area contributed by atoms with Gasteiger partial charge in [0.2, 0.25) is 10.0 Å². The molecule has 0 unspecified atom stereocenters. The molecule has 0 aliphatic heterocycles. The number of hydrogen-bond acceptors (Lipinski definition) is 3. The molecule has 6 heteroatoms. The van der Waals surface area contributed by atoms with Crippen molar-refractivity contribution in [2.24, 2.45) is 0 Å². The Labute approximate surface area is 135 Å². The van der Waals surface area contributed by atoms with Crippen molar-refractivity contribution in [1.82, 2.24) is 4.72 Å². The molecular weight excluding hydrogens is 317 g/mol. The number of ether oxygens (including phenoxy) is 1. The summed E-state index contributed by atoms with van der Waals surface area (Å²) in [6.07, 6.45) is 0. The van der Waals surface area contributed by atoms with E-state index in [9.17, 15) is 12.8 Å². The van der Waals surface area contributed by atoms with E-state index < -0.39 is 15.8 Å². The van der Waals surface area contributed by atoms with Crippen molar-refractivity contribution in [3.63, 3.8) is 0 Å². The van der Waals surface area contributed by atoms with Crippen LogP contribution in [0.4, 0.5) is 4.39 Å². The van der Waals surface area contributed by atoms with Crippen LogP contribution in [-0.4, -0.2) is 21.6 Å². The van der Waals surface area contributed by atoms with Crippen molar-refractivity contribution in [2.75, 3.05) is 13.2 Å². The zero-order chi connectivity index (χ0) is 16.7. The molecule has 1 N–H and O–H groups in total. The molecule has 23 heavy (non-hydrogen) atoms. The summed E-state index contributed by atoms with van der Waals surface area (Å²) in [5.41, 5.74) is 1.00. The van der Waals surface area contributed by atoms with Crippen LogP contribution >= 0.6 is 0 Å². The van der Waals surface area contributed by atoms with Gasteiger partial charge in [0.25, 0.3) is 0 Å². The number of halogens is 1. The minimum atomic E-state index is -3.76. The van der Waals surface area contributed by atoms with Crippen molar-refractivity contribution in [2.45, 2.75) is 11.8 Å². The van der Waals surface area contributed by atoms with Crippen LogP contribution in [0, 0.1) is 24.6 Å². The van der Waals surface area contributed by atoms with E-state index in [-0.39, 0.29) is 18.0 Å². The van der Waals surface area contributed by atoms with Crippen LogP contribution in [0.25, 0.3) is 0 Å². The summed E-state index contributed by atoms with van der Waals surface area (Å²) in [5.74, 6) is 5.51. The molecule has 0 aromatic heterocycles. The monoisotopic (exact) mass is 333 g/mol. The first-order valence-corrected chi connectivity index (χ1v) is 8.37. The van der Waals surface area contributed by atoms with Crippen LogP contribution in [0.1, 0.15) is 5.56 Å². The highest BCUT2D eigenvalue weighted by Crippen LogP contribution is 2.15. The van der Waals surface area contributed by atoms with Gasteiger partial charge in [-0.3, -0.25) is 0 Å². The molecule has 0 radical (unpaired) electrons. The Hall–Kier alpha value is -2.36.